The second kappa shape index (κ2) is 7.62. The molecule has 3 heteroatoms. The standard InChI is InChI=1S/C18H24N2S/c1-5-10-19-15(4)17-9-8-16(12-20-17)21-18-11-13(2)6-7-14(18)3/h6-9,11-12,15,19H,5,10H2,1-4H3. The molecule has 1 N–H and O–H groups in total. The molecule has 0 bridgehead atoms. The first kappa shape index (κ1) is 16.1. The molecule has 1 unspecified atom stereocenters. The minimum atomic E-state index is 0.310. The summed E-state index contributed by atoms with van der Waals surface area (Å²) in [4.78, 5) is 7.09. The van der Waals surface area contributed by atoms with Crippen molar-refractivity contribution in [1.82, 2.24) is 10.3 Å². The van der Waals surface area contributed by atoms with E-state index in [1.807, 2.05) is 6.20 Å². The highest BCUT2D eigenvalue weighted by molar-refractivity contribution is 7.99. The van der Waals surface area contributed by atoms with E-state index in [-0.39, 0.29) is 0 Å². The fraction of sp³-hybridized carbons (Fsp3) is 0.389. The van der Waals surface area contributed by atoms with Gasteiger partial charge in [0.15, 0.2) is 0 Å². The summed E-state index contributed by atoms with van der Waals surface area (Å²) in [6.07, 6.45) is 3.12. The first-order chi connectivity index (χ1) is 10.1. The Kier molecular flexibility index (Phi) is 5.83. The van der Waals surface area contributed by atoms with Gasteiger partial charge in [0.1, 0.15) is 0 Å². The van der Waals surface area contributed by atoms with E-state index < -0.39 is 0 Å². The molecule has 1 atom stereocenters. The number of nitrogens with zero attached hydrogens (tertiary/aromatic N) is 1. The lowest BCUT2D eigenvalue weighted by Crippen LogP contribution is -2.20. The zero-order valence-corrected chi connectivity index (χ0v) is 14.1. The third-order valence-corrected chi connectivity index (χ3v) is 4.61. The minimum Gasteiger partial charge on any atom is -0.309 e. The van der Waals surface area contributed by atoms with E-state index in [9.17, 15) is 0 Å². The van der Waals surface area contributed by atoms with E-state index >= 15 is 0 Å². The van der Waals surface area contributed by atoms with Crippen LogP contribution in [0.15, 0.2) is 46.3 Å². The van der Waals surface area contributed by atoms with Gasteiger partial charge in [0.05, 0.1) is 5.69 Å². The molecule has 2 aromatic rings. The second-order valence-electron chi connectivity index (χ2n) is 5.47. The van der Waals surface area contributed by atoms with E-state index in [1.54, 1.807) is 11.8 Å². The average molecular weight is 300 g/mol. The Hall–Kier alpha value is -1.32. The normalized spacial score (nSPS) is 12.4. The highest BCUT2D eigenvalue weighted by Crippen LogP contribution is 2.30. The molecule has 0 spiro atoms. The van der Waals surface area contributed by atoms with Crippen molar-refractivity contribution in [3.63, 3.8) is 0 Å². The van der Waals surface area contributed by atoms with Gasteiger partial charge in [-0.2, -0.15) is 0 Å². The molecular weight excluding hydrogens is 276 g/mol. The third-order valence-electron chi connectivity index (χ3n) is 3.47. The largest absolute Gasteiger partial charge is 0.309 e. The number of rotatable bonds is 6. The predicted molar refractivity (Wildman–Crippen MR) is 91.0 cm³/mol. The monoisotopic (exact) mass is 300 g/mol. The maximum atomic E-state index is 4.60. The highest BCUT2D eigenvalue weighted by atomic mass is 32.2. The van der Waals surface area contributed by atoms with Crippen LogP contribution in [-0.4, -0.2) is 11.5 Å². The number of benzene rings is 1. The van der Waals surface area contributed by atoms with E-state index in [4.69, 9.17) is 0 Å². The third kappa shape index (κ3) is 4.58. The topological polar surface area (TPSA) is 24.9 Å². The number of pyridine rings is 1. The van der Waals surface area contributed by atoms with Crippen molar-refractivity contribution in [3.05, 3.63) is 53.3 Å². The van der Waals surface area contributed by atoms with Gasteiger partial charge in [-0.1, -0.05) is 30.8 Å². The zero-order valence-electron chi connectivity index (χ0n) is 13.3. The summed E-state index contributed by atoms with van der Waals surface area (Å²) < 4.78 is 0. The van der Waals surface area contributed by atoms with Crippen LogP contribution in [0.4, 0.5) is 0 Å². The molecule has 1 aromatic heterocycles. The smallest absolute Gasteiger partial charge is 0.0571 e. The van der Waals surface area contributed by atoms with Crippen molar-refractivity contribution in [3.8, 4) is 0 Å². The number of hydrogen-bond donors (Lipinski definition) is 1. The summed E-state index contributed by atoms with van der Waals surface area (Å²) in [5.74, 6) is 0. The zero-order chi connectivity index (χ0) is 15.2. The quantitative estimate of drug-likeness (QED) is 0.820. The Morgan fingerprint density at radius 1 is 1.19 bits per heavy atom. The Bertz CT molecular complexity index is 578. The van der Waals surface area contributed by atoms with Gasteiger partial charge in [0, 0.05) is 22.0 Å². The summed E-state index contributed by atoms with van der Waals surface area (Å²) in [5, 5.41) is 3.47. The molecule has 1 heterocycles. The van der Waals surface area contributed by atoms with E-state index in [0.717, 1.165) is 18.7 Å². The van der Waals surface area contributed by atoms with E-state index in [0.29, 0.717) is 6.04 Å². The van der Waals surface area contributed by atoms with Crippen molar-refractivity contribution in [2.45, 2.75) is 49.9 Å². The maximum Gasteiger partial charge on any atom is 0.0571 e. The summed E-state index contributed by atoms with van der Waals surface area (Å²) in [6.45, 7) is 9.65. The van der Waals surface area contributed by atoms with Crippen LogP contribution in [0.3, 0.4) is 0 Å². The number of aromatic nitrogens is 1. The SMILES string of the molecule is CCCNC(C)c1ccc(Sc2cc(C)ccc2C)cn1. The molecule has 112 valence electrons. The fourth-order valence-corrected chi connectivity index (χ4v) is 3.09. The summed E-state index contributed by atoms with van der Waals surface area (Å²) in [6, 6.07) is 11.2. The van der Waals surface area contributed by atoms with Crippen LogP contribution in [0.5, 0.6) is 0 Å². The van der Waals surface area contributed by atoms with Crippen LogP contribution >= 0.6 is 11.8 Å². The summed E-state index contributed by atoms with van der Waals surface area (Å²) in [5.41, 5.74) is 3.71. The molecule has 21 heavy (non-hydrogen) atoms. The first-order valence-electron chi connectivity index (χ1n) is 7.54. The molecule has 0 aliphatic carbocycles. The molecule has 0 amide bonds. The van der Waals surface area contributed by atoms with Gasteiger partial charge in [0.25, 0.3) is 0 Å². The molecule has 1 aromatic carbocycles. The lowest BCUT2D eigenvalue weighted by atomic mass is 10.2. The molecule has 2 rings (SSSR count). The van der Waals surface area contributed by atoms with Crippen molar-refractivity contribution in [1.29, 1.82) is 0 Å². The number of nitrogens with one attached hydrogen (secondary N) is 1. The number of aryl methyl sites for hydroxylation is 2. The van der Waals surface area contributed by atoms with Gasteiger partial charge in [-0.25, -0.2) is 0 Å². The van der Waals surface area contributed by atoms with Crippen molar-refractivity contribution >= 4 is 11.8 Å². The summed E-state index contributed by atoms with van der Waals surface area (Å²) in [7, 11) is 0. The van der Waals surface area contributed by atoms with Crippen LogP contribution < -0.4 is 5.32 Å². The first-order valence-corrected chi connectivity index (χ1v) is 8.36. The van der Waals surface area contributed by atoms with Gasteiger partial charge in [-0.15, -0.1) is 0 Å². The van der Waals surface area contributed by atoms with Crippen LogP contribution in [-0.2, 0) is 0 Å². The highest BCUT2D eigenvalue weighted by Gasteiger charge is 2.07. The van der Waals surface area contributed by atoms with Gasteiger partial charge in [0.2, 0.25) is 0 Å². The second-order valence-corrected chi connectivity index (χ2v) is 6.58. The van der Waals surface area contributed by atoms with Crippen molar-refractivity contribution in [2.24, 2.45) is 0 Å². The van der Waals surface area contributed by atoms with Gasteiger partial charge in [-0.3, -0.25) is 4.98 Å². The Morgan fingerprint density at radius 3 is 2.67 bits per heavy atom. The minimum absolute atomic E-state index is 0.310. The Balaban J connectivity index is 2.07. The molecule has 0 radical (unpaired) electrons. The van der Waals surface area contributed by atoms with Gasteiger partial charge < -0.3 is 5.32 Å². The van der Waals surface area contributed by atoms with E-state index in [2.05, 4.69) is 68.3 Å². The van der Waals surface area contributed by atoms with Crippen LogP contribution in [0.2, 0.25) is 0 Å². The number of hydrogen-bond acceptors (Lipinski definition) is 3. The lowest BCUT2D eigenvalue weighted by Gasteiger charge is -2.13. The van der Waals surface area contributed by atoms with Gasteiger partial charge in [-0.05, 0) is 63.1 Å². The Morgan fingerprint density at radius 2 is 2.00 bits per heavy atom. The lowest BCUT2D eigenvalue weighted by molar-refractivity contribution is 0.558. The molecule has 0 aliphatic heterocycles. The van der Waals surface area contributed by atoms with Crippen molar-refractivity contribution < 1.29 is 0 Å². The molecule has 0 saturated carbocycles. The van der Waals surface area contributed by atoms with Crippen LogP contribution in [0.1, 0.15) is 43.1 Å². The van der Waals surface area contributed by atoms with Crippen molar-refractivity contribution in [2.75, 3.05) is 6.54 Å². The molecule has 0 saturated heterocycles. The van der Waals surface area contributed by atoms with Crippen LogP contribution in [0, 0.1) is 13.8 Å². The van der Waals surface area contributed by atoms with Crippen LogP contribution in [0.25, 0.3) is 0 Å². The average Bonchev–Trinajstić information content (AvgIpc) is 2.49. The van der Waals surface area contributed by atoms with Gasteiger partial charge >= 0.3 is 0 Å². The van der Waals surface area contributed by atoms with E-state index in [1.165, 1.54) is 20.9 Å². The maximum absolute atomic E-state index is 4.60. The predicted octanol–water partition coefficient (Wildman–Crippen LogP) is 4.91. The molecular formula is C18H24N2S. The summed E-state index contributed by atoms with van der Waals surface area (Å²) >= 11 is 1.78. The fourth-order valence-electron chi connectivity index (χ4n) is 2.12. The Labute approximate surface area is 132 Å². The molecule has 2 nitrogen and oxygen atoms in total. The molecule has 0 aliphatic rings. The molecule has 0 fully saturated rings.